The number of pyridine rings is 1. The number of nitrogens with zero attached hydrogens (tertiary/aromatic N) is 2. The van der Waals surface area contributed by atoms with E-state index in [1.807, 2.05) is 48.7 Å². The van der Waals surface area contributed by atoms with Gasteiger partial charge in [0.25, 0.3) is 5.91 Å². The van der Waals surface area contributed by atoms with Gasteiger partial charge in [-0.3, -0.25) is 9.78 Å². The minimum atomic E-state index is -0.166. The number of hydrogen-bond donors (Lipinski definition) is 2. The molecule has 0 bridgehead atoms. The summed E-state index contributed by atoms with van der Waals surface area (Å²) in [4.78, 5) is 22.9. The van der Waals surface area contributed by atoms with E-state index in [0.717, 1.165) is 29.9 Å². The molecular formula is C26H26N4O2. The molecule has 2 aromatic heterocycles. The first-order chi connectivity index (χ1) is 15.8. The molecule has 1 aliphatic heterocycles. The number of carbonyl (C=O) groups is 1. The largest absolute Gasteiger partial charge is 0.378 e. The number of para-hydroxylation sites is 1. The van der Waals surface area contributed by atoms with Gasteiger partial charge < -0.3 is 19.9 Å². The highest BCUT2D eigenvalue weighted by Gasteiger charge is 2.20. The average Bonchev–Trinajstić information content (AvgIpc) is 3.29. The number of nitrogens with one attached hydrogen (secondary N) is 2. The van der Waals surface area contributed by atoms with Crippen LogP contribution in [0, 0.1) is 0 Å². The highest BCUT2D eigenvalue weighted by Crippen LogP contribution is 2.30. The quantitative estimate of drug-likeness (QED) is 0.490. The Morgan fingerprint density at radius 3 is 2.69 bits per heavy atom. The Labute approximate surface area is 187 Å². The van der Waals surface area contributed by atoms with Gasteiger partial charge in [0, 0.05) is 54.5 Å². The number of hydrogen-bond acceptors (Lipinski definition) is 4. The molecular weight excluding hydrogens is 400 g/mol. The molecule has 6 heteroatoms. The maximum absolute atomic E-state index is 13.0. The Morgan fingerprint density at radius 1 is 1.06 bits per heavy atom. The summed E-state index contributed by atoms with van der Waals surface area (Å²) in [6.07, 6.45) is 3.75. The second-order valence-corrected chi connectivity index (χ2v) is 7.96. The Kier molecular flexibility index (Phi) is 5.85. The number of H-pyrrole nitrogens is 1. The van der Waals surface area contributed by atoms with Crippen LogP contribution < -0.4 is 10.2 Å². The van der Waals surface area contributed by atoms with Crippen molar-refractivity contribution in [2.45, 2.75) is 5.92 Å². The summed E-state index contributed by atoms with van der Waals surface area (Å²) in [5.41, 5.74) is 4.86. The van der Waals surface area contributed by atoms with Gasteiger partial charge in [-0.05, 0) is 29.3 Å². The van der Waals surface area contributed by atoms with Crippen LogP contribution in [0.15, 0.2) is 79.1 Å². The third-order valence-corrected chi connectivity index (χ3v) is 6.02. The Morgan fingerprint density at radius 2 is 1.84 bits per heavy atom. The van der Waals surface area contributed by atoms with Crippen LogP contribution in [0.1, 0.15) is 27.5 Å². The lowest BCUT2D eigenvalue weighted by Gasteiger charge is -2.28. The topological polar surface area (TPSA) is 70.2 Å². The van der Waals surface area contributed by atoms with Crippen LogP contribution >= 0.6 is 0 Å². The number of aromatic nitrogens is 2. The maximum Gasteiger partial charge on any atom is 0.269 e. The zero-order chi connectivity index (χ0) is 21.8. The second kappa shape index (κ2) is 9.24. The van der Waals surface area contributed by atoms with E-state index >= 15 is 0 Å². The molecule has 0 spiro atoms. The number of aromatic amines is 1. The smallest absolute Gasteiger partial charge is 0.269 e. The minimum absolute atomic E-state index is 0.0266. The van der Waals surface area contributed by atoms with E-state index in [9.17, 15) is 4.79 Å². The first kappa shape index (κ1) is 20.3. The molecule has 5 rings (SSSR count). The van der Waals surface area contributed by atoms with Crippen LogP contribution in [0.4, 0.5) is 5.69 Å². The predicted molar refractivity (Wildman–Crippen MR) is 126 cm³/mol. The zero-order valence-electron chi connectivity index (χ0n) is 17.8. The third kappa shape index (κ3) is 4.22. The van der Waals surface area contributed by atoms with Crippen LogP contribution in [0.25, 0.3) is 10.9 Å². The summed E-state index contributed by atoms with van der Waals surface area (Å²) < 4.78 is 5.43. The van der Waals surface area contributed by atoms with Gasteiger partial charge in [0.05, 0.1) is 13.2 Å². The van der Waals surface area contributed by atoms with Gasteiger partial charge in [-0.25, -0.2) is 0 Å². The lowest BCUT2D eigenvalue weighted by Crippen LogP contribution is -2.36. The lowest BCUT2D eigenvalue weighted by molar-refractivity contribution is 0.0947. The van der Waals surface area contributed by atoms with Crippen molar-refractivity contribution in [3.05, 3.63) is 95.9 Å². The molecule has 0 aliphatic carbocycles. The number of ether oxygens (including phenoxy) is 1. The molecule has 3 heterocycles. The number of morpholine rings is 1. The van der Waals surface area contributed by atoms with Crippen molar-refractivity contribution in [1.29, 1.82) is 0 Å². The van der Waals surface area contributed by atoms with Crippen LogP contribution in [0.3, 0.4) is 0 Å². The highest BCUT2D eigenvalue weighted by molar-refractivity contribution is 5.93. The molecule has 0 saturated carbocycles. The van der Waals surface area contributed by atoms with Gasteiger partial charge in [0.15, 0.2) is 0 Å². The molecule has 1 fully saturated rings. The van der Waals surface area contributed by atoms with Crippen molar-refractivity contribution in [2.24, 2.45) is 0 Å². The van der Waals surface area contributed by atoms with Crippen molar-refractivity contribution in [3.63, 3.8) is 0 Å². The van der Waals surface area contributed by atoms with Gasteiger partial charge in [0.2, 0.25) is 0 Å². The summed E-state index contributed by atoms with van der Waals surface area (Å²) >= 11 is 0. The number of rotatable bonds is 6. The zero-order valence-corrected chi connectivity index (χ0v) is 17.8. The lowest BCUT2D eigenvalue weighted by atomic mass is 9.91. The monoisotopic (exact) mass is 426 g/mol. The van der Waals surface area contributed by atoms with Gasteiger partial charge >= 0.3 is 0 Å². The Bertz CT molecular complexity index is 1200. The molecule has 4 aromatic rings. The summed E-state index contributed by atoms with van der Waals surface area (Å²) in [6.45, 7) is 3.53. The van der Waals surface area contributed by atoms with Crippen LogP contribution in [-0.4, -0.2) is 48.7 Å². The molecule has 2 aromatic carbocycles. The van der Waals surface area contributed by atoms with Gasteiger partial charge in [-0.15, -0.1) is 0 Å². The highest BCUT2D eigenvalue weighted by atomic mass is 16.5. The van der Waals surface area contributed by atoms with E-state index < -0.39 is 0 Å². The van der Waals surface area contributed by atoms with Gasteiger partial charge in [-0.1, -0.05) is 48.5 Å². The van der Waals surface area contributed by atoms with Crippen LogP contribution in [0.2, 0.25) is 0 Å². The predicted octanol–water partition coefficient (Wildman–Crippen LogP) is 3.96. The Hall–Kier alpha value is -3.64. The van der Waals surface area contributed by atoms with Crippen molar-refractivity contribution >= 4 is 22.5 Å². The van der Waals surface area contributed by atoms with E-state index in [1.165, 1.54) is 10.9 Å². The number of anilines is 1. The second-order valence-electron chi connectivity index (χ2n) is 7.96. The van der Waals surface area contributed by atoms with Crippen molar-refractivity contribution in [1.82, 2.24) is 15.3 Å². The fraction of sp³-hybridized carbons (Fsp3) is 0.231. The summed E-state index contributed by atoms with van der Waals surface area (Å²) in [6, 6.07) is 22.4. The maximum atomic E-state index is 13.0. The van der Waals surface area contributed by atoms with E-state index in [-0.39, 0.29) is 11.8 Å². The van der Waals surface area contributed by atoms with Gasteiger partial charge in [-0.2, -0.15) is 0 Å². The SMILES string of the molecule is O=C(NCC(c1ccccc1)c1c[nH]c2ccccc12)c1cc(N2CCOCC2)ccn1. The van der Waals surface area contributed by atoms with Crippen LogP contribution in [0.5, 0.6) is 0 Å². The minimum Gasteiger partial charge on any atom is -0.378 e. The standard InChI is InChI=1S/C26H26N4O2/c31-26(25-16-20(10-11-27-25)30-12-14-32-15-13-30)29-17-22(19-6-2-1-3-7-19)23-18-28-24-9-5-4-8-21(23)24/h1-11,16,18,22,28H,12-15,17H2,(H,29,31). The average molecular weight is 427 g/mol. The Balaban J connectivity index is 1.37. The van der Waals surface area contributed by atoms with Crippen molar-refractivity contribution in [3.8, 4) is 0 Å². The number of benzene rings is 2. The van der Waals surface area contributed by atoms with Crippen molar-refractivity contribution in [2.75, 3.05) is 37.7 Å². The fourth-order valence-electron chi connectivity index (χ4n) is 4.32. The summed E-state index contributed by atoms with van der Waals surface area (Å²) in [7, 11) is 0. The molecule has 6 nitrogen and oxygen atoms in total. The molecule has 1 atom stereocenters. The molecule has 2 N–H and O–H groups in total. The number of carbonyl (C=O) groups excluding carboxylic acids is 1. The van der Waals surface area contributed by atoms with E-state index in [0.29, 0.717) is 25.5 Å². The summed E-state index contributed by atoms with van der Waals surface area (Å²) in [5, 5.41) is 4.29. The molecule has 1 unspecified atom stereocenters. The van der Waals surface area contributed by atoms with Crippen LogP contribution in [-0.2, 0) is 4.74 Å². The first-order valence-electron chi connectivity index (χ1n) is 11.0. The third-order valence-electron chi connectivity index (χ3n) is 6.02. The normalized spacial score (nSPS) is 14.9. The summed E-state index contributed by atoms with van der Waals surface area (Å²) in [5.74, 6) is -0.139. The van der Waals surface area contributed by atoms with E-state index in [1.54, 1.807) is 6.20 Å². The van der Waals surface area contributed by atoms with Gasteiger partial charge in [0.1, 0.15) is 5.69 Å². The molecule has 1 amide bonds. The number of fused-ring (bicyclic) bond motifs is 1. The molecule has 32 heavy (non-hydrogen) atoms. The van der Waals surface area contributed by atoms with E-state index in [4.69, 9.17) is 4.74 Å². The molecule has 1 aliphatic rings. The fourth-order valence-corrected chi connectivity index (χ4v) is 4.32. The molecule has 1 saturated heterocycles. The van der Waals surface area contributed by atoms with E-state index in [2.05, 4.69) is 44.5 Å². The molecule has 0 radical (unpaired) electrons. The molecule has 162 valence electrons. The first-order valence-corrected chi connectivity index (χ1v) is 11.0. The van der Waals surface area contributed by atoms with Crippen molar-refractivity contribution < 1.29 is 9.53 Å². The number of amides is 1.